The molecule has 0 spiro atoms. The highest BCUT2D eigenvalue weighted by molar-refractivity contribution is 5.89. The minimum Gasteiger partial charge on any atom is -0.465 e. The molecule has 2 amide bonds. The van der Waals surface area contributed by atoms with Gasteiger partial charge < -0.3 is 20.8 Å². The second-order valence-corrected chi connectivity index (χ2v) is 4.22. The summed E-state index contributed by atoms with van der Waals surface area (Å²) in [5.41, 5.74) is 7.26. The number of furan rings is 1. The lowest BCUT2D eigenvalue weighted by Crippen LogP contribution is -2.27. The van der Waals surface area contributed by atoms with Crippen LogP contribution in [0, 0.1) is 6.92 Å². The average Bonchev–Trinajstić information content (AvgIpc) is 2.83. The first kappa shape index (κ1) is 13.2. The van der Waals surface area contributed by atoms with Gasteiger partial charge in [0.2, 0.25) is 0 Å². The van der Waals surface area contributed by atoms with Gasteiger partial charge in [-0.3, -0.25) is 0 Å². The molecule has 2 aromatic rings. The van der Waals surface area contributed by atoms with Crippen LogP contribution >= 0.6 is 0 Å². The van der Waals surface area contributed by atoms with E-state index in [1.54, 1.807) is 0 Å². The van der Waals surface area contributed by atoms with E-state index in [1.807, 2.05) is 43.3 Å². The first-order valence-corrected chi connectivity index (χ1v) is 6.06. The molecule has 0 aliphatic carbocycles. The third kappa shape index (κ3) is 3.86. The SMILES string of the molecule is Cc1ccc(CNC(=O)Nc2ccc(CN)cc2)o1. The van der Waals surface area contributed by atoms with Crippen LogP contribution < -0.4 is 16.4 Å². The van der Waals surface area contributed by atoms with Crippen molar-refractivity contribution >= 4 is 11.7 Å². The van der Waals surface area contributed by atoms with Gasteiger partial charge in [-0.1, -0.05) is 12.1 Å². The summed E-state index contributed by atoms with van der Waals surface area (Å²) in [7, 11) is 0. The standard InChI is InChI=1S/C14H17N3O2/c1-10-2-7-13(19-10)9-16-14(18)17-12-5-3-11(8-15)4-6-12/h2-7H,8-9,15H2,1H3,(H2,16,17,18). The number of hydrogen-bond donors (Lipinski definition) is 3. The van der Waals surface area contributed by atoms with Gasteiger partial charge in [-0.05, 0) is 36.8 Å². The molecule has 0 aliphatic rings. The van der Waals surface area contributed by atoms with Crippen molar-refractivity contribution in [1.29, 1.82) is 0 Å². The van der Waals surface area contributed by atoms with E-state index in [2.05, 4.69) is 10.6 Å². The fourth-order valence-electron chi connectivity index (χ4n) is 1.65. The monoisotopic (exact) mass is 259 g/mol. The summed E-state index contributed by atoms with van der Waals surface area (Å²) < 4.78 is 5.36. The summed E-state index contributed by atoms with van der Waals surface area (Å²) in [6.45, 7) is 2.72. The molecule has 1 aromatic carbocycles. The van der Waals surface area contributed by atoms with Gasteiger partial charge in [0.15, 0.2) is 0 Å². The molecule has 0 saturated carbocycles. The zero-order valence-corrected chi connectivity index (χ0v) is 10.8. The molecule has 19 heavy (non-hydrogen) atoms. The number of anilines is 1. The van der Waals surface area contributed by atoms with E-state index < -0.39 is 0 Å². The lowest BCUT2D eigenvalue weighted by Gasteiger charge is -2.07. The molecule has 1 aromatic heterocycles. The Hall–Kier alpha value is -2.27. The minimum absolute atomic E-state index is 0.269. The lowest BCUT2D eigenvalue weighted by atomic mass is 10.2. The van der Waals surface area contributed by atoms with Crippen molar-refractivity contribution in [2.24, 2.45) is 5.73 Å². The van der Waals surface area contributed by atoms with Gasteiger partial charge in [-0.2, -0.15) is 0 Å². The number of rotatable bonds is 4. The van der Waals surface area contributed by atoms with Crippen molar-refractivity contribution < 1.29 is 9.21 Å². The predicted molar refractivity (Wildman–Crippen MR) is 73.6 cm³/mol. The van der Waals surface area contributed by atoms with Gasteiger partial charge in [0.25, 0.3) is 0 Å². The summed E-state index contributed by atoms with van der Waals surface area (Å²) in [5, 5.41) is 5.46. The third-order valence-corrected chi connectivity index (χ3v) is 2.67. The highest BCUT2D eigenvalue weighted by Crippen LogP contribution is 2.09. The van der Waals surface area contributed by atoms with Crippen LogP contribution in [0.25, 0.3) is 0 Å². The molecule has 100 valence electrons. The molecule has 2 rings (SSSR count). The van der Waals surface area contributed by atoms with Crippen molar-refractivity contribution in [2.45, 2.75) is 20.0 Å². The first-order valence-electron chi connectivity index (χ1n) is 6.06. The number of urea groups is 1. The normalized spacial score (nSPS) is 10.2. The van der Waals surface area contributed by atoms with Crippen molar-refractivity contribution in [2.75, 3.05) is 5.32 Å². The van der Waals surface area contributed by atoms with E-state index >= 15 is 0 Å². The van der Waals surface area contributed by atoms with Crippen LogP contribution in [0.4, 0.5) is 10.5 Å². The first-order chi connectivity index (χ1) is 9.17. The minimum atomic E-state index is -0.269. The van der Waals surface area contributed by atoms with Gasteiger partial charge in [0.1, 0.15) is 11.5 Å². The molecule has 4 N–H and O–H groups in total. The van der Waals surface area contributed by atoms with E-state index in [-0.39, 0.29) is 6.03 Å². The van der Waals surface area contributed by atoms with Gasteiger partial charge in [-0.25, -0.2) is 4.79 Å². The quantitative estimate of drug-likeness (QED) is 0.788. The molecule has 0 fully saturated rings. The van der Waals surface area contributed by atoms with Crippen LogP contribution in [-0.2, 0) is 13.1 Å². The zero-order valence-electron chi connectivity index (χ0n) is 10.8. The van der Waals surface area contributed by atoms with Crippen molar-refractivity contribution in [1.82, 2.24) is 5.32 Å². The van der Waals surface area contributed by atoms with Crippen LogP contribution in [0.2, 0.25) is 0 Å². The Balaban J connectivity index is 1.83. The predicted octanol–water partition coefficient (Wildman–Crippen LogP) is 2.37. The second-order valence-electron chi connectivity index (χ2n) is 4.22. The fourth-order valence-corrected chi connectivity index (χ4v) is 1.65. The Morgan fingerprint density at radius 2 is 1.95 bits per heavy atom. The molecular weight excluding hydrogens is 242 g/mol. The summed E-state index contributed by atoms with van der Waals surface area (Å²) in [4.78, 5) is 11.7. The Labute approximate surface area is 111 Å². The van der Waals surface area contributed by atoms with E-state index in [9.17, 15) is 4.79 Å². The molecule has 0 saturated heterocycles. The fraction of sp³-hybridized carbons (Fsp3) is 0.214. The molecule has 5 heteroatoms. The number of benzene rings is 1. The maximum Gasteiger partial charge on any atom is 0.319 e. The Morgan fingerprint density at radius 1 is 1.21 bits per heavy atom. The molecule has 0 bridgehead atoms. The number of hydrogen-bond acceptors (Lipinski definition) is 3. The number of amides is 2. The van der Waals surface area contributed by atoms with E-state index in [0.717, 1.165) is 22.8 Å². The molecule has 5 nitrogen and oxygen atoms in total. The Kier molecular flexibility index (Phi) is 4.20. The maximum atomic E-state index is 11.7. The van der Waals surface area contributed by atoms with E-state index in [4.69, 9.17) is 10.2 Å². The van der Waals surface area contributed by atoms with Crippen molar-refractivity contribution in [3.8, 4) is 0 Å². The highest BCUT2D eigenvalue weighted by Gasteiger charge is 2.03. The van der Waals surface area contributed by atoms with Crippen LogP contribution in [0.3, 0.4) is 0 Å². The summed E-state index contributed by atoms with van der Waals surface area (Å²) >= 11 is 0. The van der Waals surface area contributed by atoms with Crippen molar-refractivity contribution in [3.05, 3.63) is 53.5 Å². The number of carbonyl (C=O) groups excluding carboxylic acids is 1. The van der Waals surface area contributed by atoms with Crippen LogP contribution in [-0.4, -0.2) is 6.03 Å². The summed E-state index contributed by atoms with van der Waals surface area (Å²) in [6, 6.07) is 10.8. The van der Waals surface area contributed by atoms with Gasteiger partial charge in [-0.15, -0.1) is 0 Å². The molecule has 0 unspecified atom stereocenters. The number of nitrogens with one attached hydrogen (secondary N) is 2. The van der Waals surface area contributed by atoms with Gasteiger partial charge >= 0.3 is 6.03 Å². The van der Waals surface area contributed by atoms with Gasteiger partial charge in [0, 0.05) is 12.2 Å². The van der Waals surface area contributed by atoms with E-state index in [0.29, 0.717) is 13.1 Å². The molecular formula is C14H17N3O2. The van der Waals surface area contributed by atoms with E-state index in [1.165, 1.54) is 0 Å². The van der Waals surface area contributed by atoms with Crippen molar-refractivity contribution in [3.63, 3.8) is 0 Å². The molecule has 1 heterocycles. The van der Waals surface area contributed by atoms with Gasteiger partial charge in [0.05, 0.1) is 6.54 Å². The van der Waals surface area contributed by atoms with Crippen LogP contribution in [0.1, 0.15) is 17.1 Å². The zero-order chi connectivity index (χ0) is 13.7. The number of carbonyl (C=O) groups is 1. The van der Waals surface area contributed by atoms with Crippen LogP contribution in [0.5, 0.6) is 0 Å². The smallest absolute Gasteiger partial charge is 0.319 e. The third-order valence-electron chi connectivity index (χ3n) is 2.67. The number of nitrogens with two attached hydrogens (primary N) is 1. The largest absolute Gasteiger partial charge is 0.465 e. The summed E-state index contributed by atoms with van der Waals surface area (Å²) in [5.74, 6) is 1.56. The molecule has 0 atom stereocenters. The highest BCUT2D eigenvalue weighted by atomic mass is 16.3. The topological polar surface area (TPSA) is 80.3 Å². The Morgan fingerprint density at radius 3 is 2.53 bits per heavy atom. The molecule has 0 aliphatic heterocycles. The number of aryl methyl sites for hydroxylation is 1. The Bertz CT molecular complexity index is 546. The van der Waals surface area contributed by atoms with Crippen LogP contribution in [0.15, 0.2) is 40.8 Å². The second kappa shape index (κ2) is 6.06. The lowest BCUT2D eigenvalue weighted by molar-refractivity contribution is 0.250. The summed E-state index contributed by atoms with van der Waals surface area (Å²) in [6.07, 6.45) is 0. The molecule has 0 radical (unpaired) electrons. The maximum absolute atomic E-state index is 11.7. The average molecular weight is 259 g/mol.